The Labute approximate surface area is 98.8 Å². The van der Waals surface area contributed by atoms with E-state index in [4.69, 9.17) is 5.73 Å². The molecule has 1 aromatic carbocycles. The standard InChI is InChI=1S/C12H14N2O3/c13-9-6-10(15)14(7-9)11(12(16)17)8-4-2-1-3-5-8/h1-5,9,11H,6-7,13H2,(H,16,17). The highest BCUT2D eigenvalue weighted by Gasteiger charge is 2.37. The summed E-state index contributed by atoms with van der Waals surface area (Å²) < 4.78 is 0. The van der Waals surface area contributed by atoms with Gasteiger partial charge in [-0.05, 0) is 5.56 Å². The van der Waals surface area contributed by atoms with Crippen molar-refractivity contribution in [2.24, 2.45) is 5.73 Å². The molecule has 1 aliphatic heterocycles. The molecule has 0 radical (unpaired) electrons. The molecule has 1 fully saturated rings. The highest BCUT2D eigenvalue weighted by Crippen LogP contribution is 2.25. The minimum Gasteiger partial charge on any atom is -0.479 e. The lowest BCUT2D eigenvalue weighted by Gasteiger charge is -2.24. The average molecular weight is 234 g/mol. The zero-order valence-corrected chi connectivity index (χ0v) is 9.24. The van der Waals surface area contributed by atoms with E-state index in [2.05, 4.69) is 0 Å². The van der Waals surface area contributed by atoms with Crippen LogP contribution in [0, 0.1) is 0 Å². The van der Waals surface area contributed by atoms with E-state index in [9.17, 15) is 14.7 Å². The molecule has 17 heavy (non-hydrogen) atoms. The number of carboxylic acid groups (broad SMARTS) is 1. The predicted molar refractivity (Wildman–Crippen MR) is 61.1 cm³/mol. The largest absolute Gasteiger partial charge is 0.479 e. The van der Waals surface area contributed by atoms with Gasteiger partial charge >= 0.3 is 5.97 Å². The molecule has 0 aliphatic carbocycles. The van der Waals surface area contributed by atoms with Crippen molar-refractivity contribution in [3.05, 3.63) is 35.9 Å². The van der Waals surface area contributed by atoms with Gasteiger partial charge in [0.25, 0.3) is 0 Å². The Morgan fingerprint density at radius 2 is 2.06 bits per heavy atom. The van der Waals surface area contributed by atoms with E-state index >= 15 is 0 Å². The SMILES string of the molecule is NC1CC(=O)N(C(C(=O)O)c2ccccc2)C1. The number of carbonyl (C=O) groups excluding carboxylic acids is 1. The number of benzene rings is 1. The number of hydrogen-bond donors (Lipinski definition) is 2. The summed E-state index contributed by atoms with van der Waals surface area (Å²) in [4.78, 5) is 24.3. The summed E-state index contributed by atoms with van der Waals surface area (Å²) in [5, 5.41) is 9.26. The number of aliphatic carboxylic acids is 1. The van der Waals surface area contributed by atoms with Crippen LogP contribution in [0.3, 0.4) is 0 Å². The maximum atomic E-state index is 11.7. The molecule has 90 valence electrons. The van der Waals surface area contributed by atoms with Crippen LogP contribution in [0.25, 0.3) is 0 Å². The first kappa shape index (κ1) is 11.6. The van der Waals surface area contributed by atoms with Crippen molar-refractivity contribution < 1.29 is 14.7 Å². The van der Waals surface area contributed by atoms with Gasteiger partial charge in [0.1, 0.15) is 0 Å². The summed E-state index contributed by atoms with van der Waals surface area (Å²) in [6.45, 7) is 0.296. The van der Waals surface area contributed by atoms with Gasteiger partial charge in [0.2, 0.25) is 5.91 Å². The molecule has 0 aromatic heterocycles. The van der Waals surface area contributed by atoms with Crippen molar-refractivity contribution in [1.82, 2.24) is 4.90 Å². The smallest absolute Gasteiger partial charge is 0.331 e. The minimum atomic E-state index is -1.03. The number of rotatable bonds is 3. The third kappa shape index (κ3) is 2.29. The van der Waals surface area contributed by atoms with Crippen LogP contribution >= 0.6 is 0 Å². The Morgan fingerprint density at radius 1 is 1.41 bits per heavy atom. The molecule has 2 rings (SSSR count). The lowest BCUT2D eigenvalue weighted by atomic mass is 10.1. The molecule has 0 bridgehead atoms. The van der Waals surface area contributed by atoms with E-state index in [1.807, 2.05) is 0 Å². The fourth-order valence-corrected chi connectivity index (χ4v) is 2.10. The Balaban J connectivity index is 2.31. The number of nitrogens with two attached hydrogens (primary N) is 1. The van der Waals surface area contributed by atoms with Crippen molar-refractivity contribution >= 4 is 11.9 Å². The molecule has 1 aromatic rings. The van der Waals surface area contributed by atoms with Gasteiger partial charge in [-0.15, -0.1) is 0 Å². The van der Waals surface area contributed by atoms with Crippen molar-refractivity contribution in [3.63, 3.8) is 0 Å². The summed E-state index contributed by atoms with van der Waals surface area (Å²) in [5.41, 5.74) is 6.28. The average Bonchev–Trinajstić information content (AvgIpc) is 2.59. The molecule has 3 N–H and O–H groups in total. The Bertz CT molecular complexity index is 433. The Hall–Kier alpha value is -1.88. The summed E-state index contributed by atoms with van der Waals surface area (Å²) in [6.07, 6.45) is 0.219. The third-order valence-electron chi connectivity index (χ3n) is 2.85. The molecule has 1 aliphatic rings. The summed E-state index contributed by atoms with van der Waals surface area (Å²) in [6, 6.07) is 7.52. The molecule has 2 atom stereocenters. The summed E-state index contributed by atoms with van der Waals surface area (Å²) in [7, 11) is 0. The third-order valence-corrected chi connectivity index (χ3v) is 2.85. The van der Waals surface area contributed by atoms with Crippen molar-refractivity contribution in [2.45, 2.75) is 18.5 Å². The number of nitrogens with zero attached hydrogens (tertiary/aromatic N) is 1. The Morgan fingerprint density at radius 3 is 2.53 bits per heavy atom. The fraction of sp³-hybridized carbons (Fsp3) is 0.333. The van der Waals surface area contributed by atoms with Crippen LogP contribution in [-0.4, -0.2) is 34.5 Å². The molecule has 0 spiro atoms. The number of amides is 1. The zero-order chi connectivity index (χ0) is 12.4. The van der Waals surface area contributed by atoms with Crippen LogP contribution in [0.5, 0.6) is 0 Å². The van der Waals surface area contributed by atoms with E-state index in [0.29, 0.717) is 12.1 Å². The van der Waals surface area contributed by atoms with Crippen LogP contribution in [0.1, 0.15) is 18.0 Å². The topological polar surface area (TPSA) is 83.6 Å². The van der Waals surface area contributed by atoms with Crippen LogP contribution in [0.2, 0.25) is 0 Å². The Kier molecular flexibility index (Phi) is 3.10. The van der Waals surface area contributed by atoms with E-state index in [1.54, 1.807) is 30.3 Å². The van der Waals surface area contributed by atoms with E-state index in [-0.39, 0.29) is 18.4 Å². The van der Waals surface area contributed by atoms with Crippen molar-refractivity contribution in [1.29, 1.82) is 0 Å². The molecule has 1 saturated heterocycles. The van der Waals surface area contributed by atoms with E-state index in [1.165, 1.54) is 4.90 Å². The lowest BCUT2D eigenvalue weighted by Crippen LogP contribution is -2.36. The van der Waals surface area contributed by atoms with Crippen LogP contribution in [0.4, 0.5) is 0 Å². The summed E-state index contributed by atoms with van der Waals surface area (Å²) >= 11 is 0. The number of carboxylic acids is 1. The zero-order valence-electron chi connectivity index (χ0n) is 9.24. The fourth-order valence-electron chi connectivity index (χ4n) is 2.10. The van der Waals surface area contributed by atoms with Gasteiger partial charge in [-0.2, -0.15) is 0 Å². The van der Waals surface area contributed by atoms with E-state index in [0.717, 1.165) is 0 Å². The number of carbonyl (C=O) groups is 2. The van der Waals surface area contributed by atoms with E-state index < -0.39 is 12.0 Å². The van der Waals surface area contributed by atoms with Gasteiger partial charge in [0.15, 0.2) is 6.04 Å². The minimum absolute atomic E-state index is 0.200. The second kappa shape index (κ2) is 4.55. The normalized spacial score (nSPS) is 21.6. The molecule has 5 heteroatoms. The molecule has 1 heterocycles. The molecule has 2 unspecified atom stereocenters. The quantitative estimate of drug-likeness (QED) is 0.791. The number of likely N-dealkylation sites (tertiary alicyclic amines) is 1. The van der Waals surface area contributed by atoms with Gasteiger partial charge in [0, 0.05) is 19.0 Å². The first-order valence-corrected chi connectivity index (χ1v) is 5.42. The van der Waals surface area contributed by atoms with Gasteiger partial charge in [-0.3, -0.25) is 4.79 Å². The van der Waals surface area contributed by atoms with Crippen LogP contribution < -0.4 is 5.73 Å². The molecular formula is C12H14N2O3. The van der Waals surface area contributed by atoms with Gasteiger partial charge in [-0.1, -0.05) is 30.3 Å². The van der Waals surface area contributed by atoms with Gasteiger partial charge in [0.05, 0.1) is 0 Å². The molecule has 1 amide bonds. The predicted octanol–water partition coefficient (Wildman–Crippen LogP) is 0.372. The maximum absolute atomic E-state index is 11.7. The molecular weight excluding hydrogens is 220 g/mol. The van der Waals surface area contributed by atoms with Crippen molar-refractivity contribution in [3.8, 4) is 0 Å². The molecule has 0 saturated carbocycles. The van der Waals surface area contributed by atoms with Gasteiger partial charge < -0.3 is 15.7 Å². The second-order valence-corrected chi connectivity index (χ2v) is 4.16. The van der Waals surface area contributed by atoms with Gasteiger partial charge in [-0.25, -0.2) is 4.79 Å². The van der Waals surface area contributed by atoms with Crippen LogP contribution in [-0.2, 0) is 9.59 Å². The maximum Gasteiger partial charge on any atom is 0.331 e. The highest BCUT2D eigenvalue weighted by molar-refractivity contribution is 5.86. The second-order valence-electron chi connectivity index (χ2n) is 4.16. The first-order valence-electron chi connectivity index (χ1n) is 5.42. The van der Waals surface area contributed by atoms with Crippen molar-refractivity contribution in [2.75, 3.05) is 6.54 Å². The highest BCUT2D eigenvalue weighted by atomic mass is 16.4. The van der Waals surface area contributed by atoms with Crippen LogP contribution in [0.15, 0.2) is 30.3 Å². The number of hydrogen-bond acceptors (Lipinski definition) is 3. The monoisotopic (exact) mass is 234 g/mol. The summed E-state index contributed by atoms with van der Waals surface area (Å²) in [5.74, 6) is -1.23. The molecule has 5 nitrogen and oxygen atoms in total. The lowest BCUT2D eigenvalue weighted by molar-refractivity contribution is -0.148. The first-order chi connectivity index (χ1) is 8.09.